The fraction of sp³-hybridized carbons (Fsp3) is 1.00. The van der Waals surface area contributed by atoms with Gasteiger partial charge in [-0.25, -0.2) is 0 Å². The summed E-state index contributed by atoms with van der Waals surface area (Å²) in [5.74, 6) is 1.27. The van der Waals surface area contributed by atoms with Gasteiger partial charge in [-0.15, -0.1) is 0 Å². The number of aliphatic hydroxyl groups is 2. The predicted octanol–water partition coefficient (Wildman–Crippen LogP) is 0.918. The highest BCUT2D eigenvalue weighted by Gasteiger charge is 2.58. The molecule has 0 spiro atoms. The minimum absolute atomic E-state index is 0.0912. The lowest BCUT2D eigenvalue weighted by Crippen LogP contribution is -2.52. The summed E-state index contributed by atoms with van der Waals surface area (Å²) in [6, 6.07) is 0. The van der Waals surface area contributed by atoms with E-state index in [1.54, 1.807) is 0 Å². The van der Waals surface area contributed by atoms with Crippen molar-refractivity contribution in [3.05, 3.63) is 0 Å². The van der Waals surface area contributed by atoms with E-state index in [1.165, 1.54) is 0 Å². The molecule has 4 fully saturated rings. The summed E-state index contributed by atoms with van der Waals surface area (Å²) in [5, 5.41) is 20.1. The monoisotopic (exact) mass is 168 g/mol. The first-order valence-electron chi connectivity index (χ1n) is 5.11. The Kier molecular flexibility index (Phi) is 1.25. The van der Waals surface area contributed by atoms with Crippen molar-refractivity contribution in [2.24, 2.45) is 17.8 Å². The number of rotatable bonds is 0. The minimum atomic E-state index is -0.368. The van der Waals surface area contributed by atoms with Crippen molar-refractivity contribution in [2.45, 2.75) is 43.8 Å². The van der Waals surface area contributed by atoms with Crippen molar-refractivity contribution >= 4 is 0 Å². The van der Waals surface area contributed by atoms with Crippen LogP contribution in [0.15, 0.2) is 0 Å². The normalized spacial score (nSPS) is 62.5. The largest absolute Gasteiger partial charge is 0.393 e. The lowest BCUT2D eigenvalue weighted by molar-refractivity contribution is -0.139. The molecule has 0 aliphatic heterocycles. The molecule has 12 heavy (non-hydrogen) atoms. The first-order valence-corrected chi connectivity index (χ1v) is 5.11. The first kappa shape index (κ1) is 7.34. The maximum Gasteiger partial charge on any atom is 0.0683 e. The van der Waals surface area contributed by atoms with Gasteiger partial charge in [0.2, 0.25) is 0 Å². The van der Waals surface area contributed by atoms with Crippen molar-refractivity contribution in [1.82, 2.24) is 0 Å². The molecule has 4 aliphatic carbocycles. The molecule has 68 valence electrons. The summed E-state index contributed by atoms with van der Waals surface area (Å²) in [7, 11) is 0. The Balaban J connectivity index is 2.01. The third-order valence-electron chi connectivity index (χ3n) is 4.50. The van der Waals surface area contributed by atoms with Crippen LogP contribution in [0.2, 0.25) is 0 Å². The third-order valence-corrected chi connectivity index (χ3v) is 4.50. The van der Waals surface area contributed by atoms with Gasteiger partial charge >= 0.3 is 0 Å². The lowest BCUT2D eigenvalue weighted by atomic mass is 9.60. The van der Waals surface area contributed by atoms with Crippen LogP contribution in [0.25, 0.3) is 0 Å². The Morgan fingerprint density at radius 2 is 2.00 bits per heavy atom. The molecule has 0 unspecified atom stereocenters. The van der Waals surface area contributed by atoms with Crippen LogP contribution in [-0.2, 0) is 0 Å². The van der Waals surface area contributed by atoms with Crippen molar-refractivity contribution in [3.8, 4) is 0 Å². The second-order valence-corrected chi connectivity index (χ2v) is 4.94. The fourth-order valence-corrected chi connectivity index (χ4v) is 3.94. The molecule has 0 aromatic carbocycles. The number of hydrogen-bond acceptors (Lipinski definition) is 2. The van der Waals surface area contributed by atoms with Crippen LogP contribution in [0.3, 0.4) is 0 Å². The van der Waals surface area contributed by atoms with Crippen LogP contribution in [0.1, 0.15) is 32.1 Å². The molecule has 4 rings (SSSR count). The van der Waals surface area contributed by atoms with Gasteiger partial charge in [-0.05, 0) is 49.9 Å². The zero-order valence-corrected chi connectivity index (χ0v) is 7.24. The maximum atomic E-state index is 10.2. The van der Waals surface area contributed by atoms with Crippen LogP contribution in [0, 0.1) is 17.8 Å². The van der Waals surface area contributed by atoms with Crippen molar-refractivity contribution < 1.29 is 10.2 Å². The average molecular weight is 168 g/mol. The minimum Gasteiger partial charge on any atom is -0.393 e. The summed E-state index contributed by atoms with van der Waals surface area (Å²) in [6.45, 7) is 0. The van der Waals surface area contributed by atoms with Crippen molar-refractivity contribution in [3.63, 3.8) is 0 Å². The molecule has 0 aromatic rings. The van der Waals surface area contributed by atoms with Crippen molar-refractivity contribution in [2.75, 3.05) is 0 Å². The number of fused-ring (bicyclic) bond motifs is 1. The molecule has 0 radical (unpaired) electrons. The molecular weight excluding hydrogens is 152 g/mol. The molecule has 4 aliphatic rings. The zero-order valence-electron chi connectivity index (χ0n) is 7.24. The zero-order chi connectivity index (χ0) is 8.34. The molecule has 0 amide bonds. The second kappa shape index (κ2) is 2.05. The van der Waals surface area contributed by atoms with E-state index in [9.17, 15) is 10.2 Å². The van der Waals surface area contributed by atoms with E-state index in [1.807, 2.05) is 0 Å². The Morgan fingerprint density at radius 1 is 1.17 bits per heavy atom. The standard InChI is InChI=1S/C10H16O2/c11-9-6-1-2-8-7(9)3-4-10(8,12)5-6/h6-9,11-12H,1-5H2/t6-,7+,8+,9+,10+/m0/s1. The molecule has 5 atom stereocenters. The Labute approximate surface area is 72.6 Å². The summed E-state index contributed by atoms with van der Waals surface area (Å²) < 4.78 is 0. The van der Waals surface area contributed by atoms with Crippen LogP contribution < -0.4 is 0 Å². The van der Waals surface area contributed by atoms with Gasteiger partial charge in [0.05, 0.1) is 11.7 Å². The smallest absolute Gasteiger partial charge is 0.0683 e. The Hall–Kier alpha value is -0.0800. The van der Waals surface area contributed by atoms with Gasteiger partial charge < -0.3 is 10.2 Å². The van der Waals surface area contributed by atoms with Gasteiger partial charge in [0.25, 0.3) is 0 Å². The Morgan fingerprint density at radius 3 is 2.75 bits per heavy atom. The second-order valence-electron chi connectivity index (χ2n) is 4.94. The number of aliphatic hydroxyl groups excluding tert-OH is 1. The molecule has 4 saturated carbocycles. The molecule has 0 aromatic heterocycles. The van der Waals surface area contributed by atoms with Crippen LogP contribution >= 0.6 is 0 Å². The summed E-state index contributed by atoms with van der Waals surface area (Å²) in [5.41, 5.74) is -0.368. The molecular formula is C10H16O2. The van der Waals surface area contributed by atoms with Crippen LogP contribution in [0.4, 0.5) is 0 Å². The predicted molar refractivity (Wildman–Crippen MR) is 44.5 cm³/mol. The van der Waals surface area contributed by atoms with Crippen molar-refractivity contribution in [1.29, 1.82) is 0 Å². The average Bonchev–Trinajstić information content (AvgIpc) is 2.34. The molecule has 2 N–H and O–H groups in total. The van der Waals surface area contributed by atoms with E-state index in [2.05, 4.69) is 0 Å². The van der Waals surface area contributed by atoms with E-state index in [0.717, 1.165) is 32.1 Å². The van der Waals surface area contributed by atoms with Gasteiger partial charge in [-0.3, -0.25) is 0 Å². The van der Waals surface area contributed by atoms with E-state index in [-0.39, 0.29) is 11.7 Å². The molecule has 0 saturated heterocycles. The molecule has 4 bridgehead atoms. The van der Waals surface area contributed by atoms with Gasteiger partial charge in [0, 0.05) is 0 Å². The molecule has 2 heteroatoms. The van der Waals surface area contributed by atoms with E-state index >= 15 is 0 Å². The quantitative estimate of drug-likeness (QED) is 0.564. The number of hydrogen-bond donors (Lipinski definition) is 2. The fourth-order valence-electron chi connectivity index (χ4n) is 3.94. The third kappa shape index (κ3) is 0.686. The first-order chi connectivity index (χ1) is 5.71. The summed E-state index contributed by atoms with van der Waals surface area (Å²) >= 11 is 0. The SMILES string of the molecule is O[C@@H]1[C@H]2CC[C@@H]3[C@H]1CC[C@@]3(O)C2. The lowest BCUT2D eigenvalue weighted by Gasteiger charge is -2.49. The van der Waals surface area contributed by atoms with E-state index in [0.29, 0.717) is 17.8 Å². The summed E-state index contributed by atoms with van der Waals surface area (Å²) in [6.07, 6.45) is 5.07. The van der Waals surface area contributed by atoms with Gasteiger partial charge in [-0.1, -0.05) is 0 Å². The highest BCUT2D eigenvalue weighted by atomic mass is 16.3. The summed E-state index contributed by atoms with van der Waals surface area (Å²) in [4.78, 5) is 0. The van der Waals surface area contributed by atoms with Gasteiger partial charge in [0.1, 0.15) is 0 Å². The topological polar surface area (TPSA) is 40.5 Å². The van der Waals surface area contributed by atoms with Gasteiger partial charge in [0.15, 0.2) is 0 Å². The van der Waals surface area contributed by atoms with E-state index in [4.69, 9.17) is 0 Å². The highest BCUT2D eigenvalue weighted by Crippen LogP contribution is 2.58. The Bertz CT molecular complexity index is 216. The van der Waals surface area contributed by atoms with Crippen LogP contribution in [0.5, 0.6) is 0 Å². The van der Waals surface area contributed by atoms with E-state index < -0.39 is 0 Å². The van der Waals surface area contributed by atoms with Gasteiger partial charge in [-0.2, -0.15) is 0 Å². The molecule has 0 heterocycles. The highest BCUT2D eigenvalue weighted by molar-refractivity contribution is 5.09. The maximum absolute atomic E-state index is 10.2. The van der Waals surface area contributed by atoms with Crippen LogP contribution in [-0.4, -0.2) is 21.9 Å². The molecule has 2 nitrogen and oxygen atoms in total.